The van der Waals surface area contributed by atoms with Gasteiger partial charge < -0.3 is 10.5 Å². The number of nitrogens with two attached hydrogens (primary N) is 1. The molecule has 2 unspecified atom stereocenters. The Morgan fingerprint density at radius 2 is 1.89 bits per heavy atom. The third kappa shape index (κ3) is 3.93. The van der Waals surface area contributed by atoms with Crippen molar-refractivity contribution in [2.45, 2.75) is 57.4 Å². The van der Waals surface area contributed by atoms with Crippen LogP contribution in [0.3, 0.4) is 0 Å². The maximum atomic E-state index is 6.19. The smallest absolute Gasteiger partial charge is 0.0469 e. The Kier molecular flexibility index (Phi) is 5.67. The summed E-state index contributed by atoms with van der Waals surface area (Å²) in [7, 11) is 2.30. The summed E-state index contributed by atoms with van der Waals surface area (Å²) in [6.07, 6.45) is 9.08. The van der Waals surface area contributed by atoms with Gasteiger partial charge in [0.1, 0.15) is 0 Å². The van der Waals surface area contributed by atoms with Crippen molar-refractivity contribution in [2.24, 2.45) is 17.6 Å². The third-order valence-electron chi connectivity index (χ3n) is 5.50. The van der Waals surface area contributed by atoms with Crippen molar-refractivity contribution >= 4 is 0 Å². The van der Waals surface area contributed by atoms with Gasteiger partial charge in [0.15, 0.2) is 0 Å². The molecule has 0 aromatic heterocycles. The van der Waals surface area contributed by atoms with Crippen molar-refractivity contribution in [3.8, 4) is 0 Å². The summed E-state index contributed by atoms with van der Waals surface area (Å²) in [6, 6.07) is 0. The highest BCUT2D eigenvalue weighted by molar-refractivity contribution is 4.93. The minimum atomic E-state index is 0.267. The first-order chi connectivity index (χ1) is 9.16. The summed E-state index contributed by atoms with van der Waals surface area (Å²) in [5.41, 5.74) is 6.46. The van der Waals surface area contributed by atoms with Crippen molar-refractivity contribution in [2.75, 3.05) is 33.4 Å². The van der Waals surface area contributed by atoms with E-state index in [2.05, 4.69) is 18.9 Å². The van der Waals surface area contributed by atoms with Crippen LogP contribution in [0, 0.1) is 11.8 Å². The molecule has 1 heterocycles. The van der Waals surface area contributed by atoms with Crippen molar-refractivity contribution < 1.29 is 4.74 Å². The molecular weight excluding hydrogens is 236 g/mol. The van der Waals surface area contributed by atoms with Crippen molar-refractivity contribution in [3.05, 3.63) is 0 Å². The first-order valence-electron chi connectivity index (χ1n) is 8.15. The number of rotatable bonds is 4. The van der Waals surface area contributed by atoms with Gasteiger partial charge in [-0.05, 0) is 51.0 Å². The van der Waals surface area contributed by atoms with E-state index >= 15 is 0 Å². The van der Waals surface area contributed by atoms with Crippen LogP contribution in [-0.2, 0) is 4.74 Å². The molecule has 1 aliphatic heterocycles. The molecule has 19 heavy (non-hydrogen) atoms. The molecule has 2 aliphatic rings. The van der Waals surface area contributed by atoms with Crippen LogP contribution in [0.1, 0.15) is 51.9 Å². The van der Waals surface area contributed by atoms with Crippen LogP contribution in [0.2, 0.25) is 0 Å². The number of nitrogens with zero attached hydrogens (tertiary/aromatic N) is 1. The van der Waals surface area contributed by atoms with E-state index in [0.717, 1.165) is 31.6 Å². The lowest BCUT2D eigenvalue weighted by atomic mass is 9.86. The van der Waals surface area contributed by atoms with Crippen LogP contribution in [0.4, 0.5) is 0 Å². The Balaban J connectivity index is 1.94. The number of likely N-dealkylation sites (N-methyl/N-ethyl adjacent to an activating group) is 1. The summed E-state index contributed by atoms with van der Waals surface area (Å²) in [4.78, 5) is 2.60. The van der Waals surface area contributed by atoms with E-state index in [1.165, 1.54) is 51.5 Å². The molecular formula is C16H32N2O. The number of hydrogen-bond acceptors (Lipinski definition) is 3. The second-order valence-electron chi connectivity index (χ2n) is 6.90. The molecule has 2 rings (SSSR count). The van der Waals surface area contributed by atoms with Gasteiger partial charge >= 0.3 is 0 Å². The lowest BCUT2D eigenvalue weighted by Gasteiger charge is -2.43. The van der Waals surface area contributed by atoms with E-state index in [1.54, 1.807) is 0 Å². The van der Waals surface area contributed by atoms with E-state index in [-0.39, 0.29) is 5.54 Å². The predicted molar refractivity (Wildman–Crippen MR) is 80.2 cm³/mol. The van der Waals surface area contributed by atoms with Gasteiger partial charge in [-0.1, -0.05) is 19.8 Å². The highest BCUT2D eigenvalue weighted by Crippen LogP contribution is 2.34. The van der Waals surface area contributed by atoms with Crippen LogP contribution < -0.4 is 5.73 Å². The van der Waals surface area contributed by atoms with Crippen LogP contribution in [0.5, 0.6) is 0 Å². The zero-order chi connectivity index (χ0) is 13.7. The number of hydrogen-bond donors (Lipinski definition) is 1. The van der Waals surface area contributed by atoms with E-state index < -0.39 is 0 Å². The highest BCUT2D eigenvalue weighted by Gasteiger charge is 2.35. The summed E-state index contributed by atoms with van der Waals surface area (Å²) in [5, 5.41) is 0. The lowest BCUT2D eigenvalue weighted by Crippen LogP contribution is -2.53. The van der Waals surface area contributed by atoms with Gasteiger partial charge in [-0.25, -0.2) is 0 Å². The second kappa shape index (κ2) is 7.05. The van der Waals surface area contributed by atoms with E-state index in [0.29, 0.717) is 0 Å². The lowest BCUT2D eigenvalue weighted by molar-refractivity contribution is 0.0294. The third-order valence-corrected chi connectivity index (χ3v) is 5.50. The Morgan fingerprint density at radius 3 is 2.58 bits per heavy atom. The molecule has 112 valence electrons. The van der Waals surface area contributed by atoms with Crippen LogP contribution in [-0.4, -0.2) is 43.8 Å². The normalized spacial score (nSPS) is 34.4. The standard InChI is InChI=1S/C16H32N2O/c1-14-4-3-8-16(13-17,9-5-14)18(2)12-15-6-10-19-11-7-15/h14-15H,3-13,17H2,1-2H3. The summed E-state index contributed by atoms with van der Waals surface area (Å²) in [5.74, 6) is 1.69. The van der Waals surface area contributed by atoms with Crippen molar-refractivity contribution in [1.82, 2.24) is 4.90 Å². The molecule has 0 spiro atoms. The fourth-order valence-corrected chi connectivity index (χ4v) is 3.82. The summed E-state index contributed by atoms with van der Waals surface area (Å²) >= 11 is 0. The van der Waals surface area contributed by atoms with E-state index in [1.807, 2.05) is 0 Å². The molecule has 2 fully saturated rings. The molecule has 0 amide bonds. The predicted octanol–water partition coefficient (Wildman–Crippen LogP) is 2.64. The highest BCUT2D eigenvalue weighted by atomic mass is 16.5. The average molecular weight is 268 g/mol. The first-order valence-corrected chi connectivity index (χ1v) is 8.15. The maximum absolute atomic E-state index is 6.19. The van der Waals surface area contributed by atoms with Gasteiger partial charge in [0.05, 0.1) is 0 Å². The van der Waals surface area contributed by atoms with Gasteiger partial charge in [-0.3, -0.25) is 4.90 Å². The molecule has 1 saturated carbocycles. The number of ether oxygens (including phenoxy) is 1. The van der Waals surface area contributed by atoms with Crippen molar-refractivity contribution in [1.29, 1.82) is 0 Å². The first kappa shape index (κ1) is 15.3. The molecule has 0 radical (unpaired) electrons. The van der Waals surface area contributed by atoms with Gasteiger partial charge in [-0.2, -0.15) is 0 Å². The van der Waals surface area contributed by atoms with E-state index in [4.69, 9.17) is 10.5 Å². The molecule has 1 saturated heterocycles. The van der Waals surface area contributed by atoms with Crippen LogP contribution in [0.15, 0.2) is 0 Å². The molecule has 1 aliphatic carbocycles. The minimum Gasteiger partial charge on any atom is -0.381 e. The summed E-state index contributed by atoms with van der Waals surface area (Å²) in [6.45, 7) is 6.32. The van der Waals surface area contributed by atoms with Crippen LogP contribution >= 0.6 is 0 Å². The van der Waals surface area contributed by atoms with Crippen LogP contribution in [0.25, 0.3) is 0 Å². The molecule has 2 atom stereocenters. The quantitative estimate of drug-likeness (QED) is 0.797. The van der Waals surface area contributed by atoms with Gasteiger partial charge in [0, 0.05) is 31.8 Å². The SMILES string of the molecule is CC1CCCC(CN)(N(C)CC2CCOCC2)CC1. The molecule has 3 heteroatoms. The Labute approximate surface area is 118 Å². The van der Waals surface area contributed by atoms with Gasteiger partial charge in [-0.15, -0.1) is 0 Å². The Bertz CT molecular complexity index is 265. The zero-order valence-electron chi connectivity index (χ0n) is 12.9. The fourth-order valence-electron chi connectivity index (χ4n) is 3.82. The zero-order valence-corrected chi connectivity index (χ0v) is 12.9. The van der Waals surface area contributed by atoms with E-state index in [9.17, 15) is 0 Å². The fraction of sp³-hybridized carbons (Fsp3) is 1.00. The van der Waals surface area contributed by atoms with Gasteiger partial charge in [0.2, 0.25) is 0 Å². The summed E-state index contributed by atoms with van der Waals surface area (Å²) < 4.78 is 5.47. The van der Waals surface area contributed by atoms with Crippen molar-refractivity contribution in [3.63, 3.8) is 0 Å². The minimum absolute atomic E-state index is 0.267. The average Bonchev–Trinajstić information content (AvgIpc) is 2.62. The van der Waals surface area contributed by atoms with Gasteiger partial charge in [0.25, 0.3) is 0 Å². The topological polar surface area (TPSA) is 38.5 Å². The Morgan fingerprint density at radius 1 is 1.16 bits per heavy atom. The molecule has 0 bridgehead atoms. The second-order valence-corrected chi connectivity index (χ2v) is 6.90. The Hall–Kier alpha value is -0.120. The monoisotopic (exact) mass is 268 g/mol. The largest absolute Gasteiger partial charge is 0.381 e. The molecule has 3 nitrogen and oxygen atoms in total. The molecule has 0 aromatic rings. The molecule has 0 aromatic carbocycles. The maximum Gasteiger partial charge on any atom is 0.0469 e. The molecule has 2 N–H and O–H groups in total.